The van der Waals surface area contributed by atoms with Crippen LogP contribution in [0.4, 0.5) is 5.82 Å². The van der Waals surface area contributed by atoms with Crippen molar-refractivity contribution in [3.63, 3.8) is 0 Å². The summed E-state index contributed by atoms with van der Waals surface area (Å²) in [5, 5.41) is 7.34. The Morgan fingerprint density at radius 3 is 2.60 bits per heavy atom. The van der Waals surface area contributed by atoms with Crippen molar-refractivity contribution in [2.75, 3.05) is 5.32 Å². The molecule has 0 radical (unpaired) electrons. The third-order valence-electron chi connectivity index (χ3n) is 3.66. The van der Waals surface area contributed by atoms with Crippen LogP contribution in [0.25, 0.3) is 5.82 Å². The maximum atomic E-state index is 12.3. The van der Waals surface area contributed by atoms with E-state index in [4.69, 9.17) is 4.42 Å². The highest BCUT2D eigenvalue weighted by Crippen LogP contribution is 2.17. The van der Waals surface area contributed by atoms with Crippen molar-refractivity contribution in [1.82, 2.24) is 19.7 Å². The van der Waals surface area contributed by atoms with Crippen molar-refractivity contribution in [1.29, 1.82) is 0 Å². The molecule has 1 amide bonds. The van der Waals surface area contributed by atoms with E-state index in [0.717, 1.165) is 22.9 Å². The van der Waals surface area contributed by atoms with Crippen molar-refractivity contribution in [2.45, 2.75) is 40.5 Å². The molecule has 0 atom stereocenters. The number of amides is 1. The van der Waals surface area contributed by atoms with Gasteiger partial charge in [0.25, 0.3) is 0 Å². The van der Waals surface area contributed by atoms with Gasteiger partial charge in [-0.15, -0.1) is 0 Å². The zero-order valence-corrected chi connectivity index (χ0v) is 14.8. The average Bonchev–Trinajstić information content (AvgIpc) is 3.10. The molecule has 0 aliphatic heterocycles. The van der Waals surface area contributed by atoms with E-state index in [1.807, 2.05) is 52.0 Å². The number of carbonyl (C=O) groups excluding carboxylic acids is 1. The Balaban J connectivity index is 1.75. The number of hydrogen-bond donors (Lipinski definition) is 1. The van der Waals surface area contributed by atoms with Crippen LogP contribution in [-0.2, 0) is 11.2 Å². The van der Waals surface area contributed by atoms with E-state index in [1.54, 1.807) is 4.68 Å². The number of anilines is 1. The molecule has 3 aromatic rings. The SMILES string of the molecule is Cc1cc(-n2nc(C)cc2NC(=O)CCc2ccc(C)o2)nc(C)n1. The normalized spacial score (nSPS) is 10.9. The van der Waals surface area contributed by atoms with Gasteiger partial charge in [0.1, 0.15) is 23.2 Å². The molecular weight excluding hydrogens is 318 g/mol. The average molecular weight is 339 g/mol. The number of carbonyl (C=O) groups is 1. The molecular formula is C18H21N5O2. The molecule has 0 saturated carbocycles. The summed E-state index contributed by atoms with van der Waals surface area (Å²) in [6, 6.07) is 7.44. The minimum absolute atomic E-state index is 0.0993. The quantitative estimate of drug-likeness (QED) is 0.772. The molecule has 25 heavy (non-hydrogen) atoms. The lowest BCUT2D eigenvalue weighted by atomic mass is 10.2. The molecule has 7 nitrogen and oxygen atoms in total. The molecule has 0 unspecified atom stereocenters. The molecule has 0 aliphatic carbocycles. The third kappa shape index (κ3) is 4.12. The van der Waals surface area contributed by atoms with Crippen LogP contribution in [0, 0.1) is 27.7 Å². The Labute approximate surface area is 146 Å². The fourth-order valence-corrected chi connectivity index (χ4v) is 2.63. The minimum Gasteiger partial charge on any atom is -0.466 e. The molecule has 0 fully saturated rings. The van der Waals surface area contributed by atoms with Crippen molar-refractivity contribution < 1.29 is 9.21 Å². The van der Waals surface area contributed by atoms with E-state index in [2.05, 4.69) is 20.4 Å². The van der Waals surface area contributed by atoms with Gasteiger partial charge in [-0.2, -0.15) is 9.78 Å². The van der Waals surface area contributed by atoms with Gasteiger partial charge in [0.2, 0.25) is 5.91 Å². The maximum Gasteiger partial charge on any atom is 0.225 e. The van der Waals surface area contributed by atoms with Crippen molar-refractivity contribution in [3.05, 3.63) is 53.0 Å². The second-order valence-corrected chi connectivity index (χ2v) is 6.06. The Bertz CT molecular complexity index is 890. The summed E-state index contributed by atoms with van der Waals surface area (Å²) in [5.74, 6) is 3.44. The van der Waals surface area contributed by atoms with Crippen LogP contribution in [-0.4, -0.2) is 25.7 Å². The first-order chi connectivity index (χ1) is 11.9. The summed E-state index contributed by atoms with van der Waals surface area (Å²) in [5.41, 5.74) is 1.65. The van der Waals surface area contributed by atoms with Crippen LogP contribution in [0.5, 0.6) is 0 Å². The van der Waals surface area contributed by atoms with E-state index in [0.29, 0.717) is 30.3 Å². The number of furan rings is 1. The van der Waals surface area contributed by atoms with Crippen molar-refractivity contribution in [2.24, 2.45) is 0 Å². The summed E-state index contributed by atoms with van der Waals surface area (Å²) in [7, 11) is 0. The van der Waals surface area contributed by atoms with Crippen LogP contribution in [0.2, 0.25) is 0 Å². The summed E-state index contributed by atoms with van der Waals surface area (Å²) in [6.07, 6.45) is 0.886. The largest absolute Gasteiger partial charge is 0.466 e. The number of rotatable bonds is 5. The predicted octanol–water partition coefficient (Wildman–Crippen LogP) is 3.06. The van der Waals surface area contributed by atoms with E-state index < -0.39 is 0 Å². The Hall–Kier alpha value is -2.96. The standard InChI is InChI=1S/C18H21N5O2/c1-11-9-16(20-14(4)19-11)23-17(10-12(2)22-23)21-18(24)8-7-15-6-5-13(3)25-15/h5-6,9-10H,7-8H2,1-4H3,(H,21,24). The van der Waals surface area contributed by atoms with Crippen molar-refractivity contribution >= 4 is 11.7 Å². The Morgan fingerprint density at radius 1 is 1.12 bits per heavy atom. The monoisotopic (exact) mass is 339 g/mol. The molecule has 130 valence electrons. The summed E-state index contributed by atoms with van der Waals surface area (Å²) >= 11 is 0. The Kier molecular flexibility index (Phi) is 4.65. The zero-order valence-electron chi connectivity index (χ0n) is 14.8. The predicted molar refractivity (Wildman–Crippen MR) is 93.8 cm³/mol. The molecule has 0 saturated heterocycles. The fourth-order valence-electron chi connectivity index (χ4n) is 2.63. The van der Waals surface area contributed by atoms with Gasteiger partial charge < -0.3 is 9.73 Å². The molecule has 0 aromatic carbocycles. The lowest BCUT2D eigenvalue weighted by Gasteiger charge is -2.09. The molecule has 3 heterocycles. The topological polar surface area (TPSA) is 85.8 Å². The van der Waals surface area contributed by atoms with Crippen LogP contribution in [0.3, 0.4) is 0 Å². The van der Waals surface area contributed by atoms with E-state index >= 15 is 0 Å². The molecule has 1 N–H and O–H groups in total. The lowest BCUT2D eigenvalue weighted by Crippen LogP contribution is -2.16. The Morgan fingerprint density at radius 2 is 1.92 bits per heavy atom. The van der Waals surface area contributed by atoms with E-state index in [9.17, 15) is 4.79 Å². The van der Waals surface area contributed by atoms with Crippen LogP contribution >= 0.6 is 0 Å². The molecule has 0 bridgehead atoms. The maximum absolute atomic E-state index is 12.3. The highest BCUT2D eigenvalue weighted by atomic mass is 16.3. The highest BCUT2D eigenvalue weighted by molar-refractivity contribution is 5.90. The van der Waals surface area contributed by atoms with Gasteiger partial charge in [0.05, 0.1) is 5.69 Å². The molecule has 0 spiro atoms. The van der Waals surface area contributed by atoms with Crippen LogP contribution in [0.1, 0.15) is 35.2 Å². The lowest BCUT2D eigenvalue weighted by molar-refractivity contribution is -0.116. The molecule has 7 heteroatoms. The molecule has 3 rings (SSSR count). The van der Waals surface area contributed by atoms with Gasteiger partial charge in [-0.1, -0.05) is 0 Å². The van der Waals surface area contributed by atoms with Gasteiger partial charge in [-0.05, 0) is 39.8 Å². The highest BCUT2D eigenvalue weighted by Gasteiger charge is 2.13. The van der Waals surface area contributed by atoms with Gasteiger partial charge in [0, 0.05) is 30.7 Å². The summed E-state index contributed by atoms with van der Waals surface area (Å²) in [4.78, 5) is 21.0. The summed E-state index contributed by atoms with van der Waals surface area (Å²) < 4.78 is 7.12. The smallest absolute Gasteiger partial charge is 0.225 e. The van der Waals surface area contributed by atoms with Gasteiger partial charge in [0.15, 0.2) is 5.82 Å². The van der Waals surface area contributed by atoms with Crippen LogP contribution < -0.4 is 5.32 Å². The second kappa shape index (κ2) is 6.88. The number of nitrogens with one attached hydrogen (secondary N) is 1. The molecule has 3 aromatic heterocycles. The summed E-state index contributed by atoms with van der Waals surface area (Å²) in [6.45, 7) is 7.49. The van der Waals surface area contributed by atoms with Crippen molar-refractivity contribution in [3.8, 4) is 5.82 Å². The number of aryl methyl sites for hydroxylation is 5. The van der Waals surface area contributed by atoms with Gasteiger partial charge in [-0.3, -0.25) is 4.79 Å². The van der Waals surface area contributed by atoms with E-state index in [-0.39, 0.29) is 5.91 Å². The first-order valence-electron chi connectivity index (χ1n) is 8.15. The first kappa shape index (κ1) is 16.9. The fraction of sp³-hybridized carbons (Fsp3) is 0.333. The zero-order chi connectivity index (χ0) is 18.0. The number of hydrogen-bond acceptors (Lipinski definition) is 5. The minimum atomic E-state index is -0.0993. The van der Waals surface area contributed by atoms with Gasteiger partial charge >= 0.3 is 0 Å². The van der Waals surface area contributed by atoms with E-state index in [1.165, 1.54) is 0 Å². The molecule has 0 aliphatic rings. The second-order valence-electron chi connectivity index (χ2n) is 6.06. The van der Waals surface area contributed by atoms with Gasteiger partial charge in [-0.25, -0.2) is 9.97 Å². The first-order valence-corrected chi connectivity index (χ1v) is 8.15. The third-order valence-corrected chi connectivity index (χ3v) is 3.66. The van der Waals surface area contributed by atoms with Crippen LogP contribution in [0.15, 0.2) is 28.7 Å². The number of aromatic nitrogens is 4. The number of nitrogens with zero attached hydrogens (tertiary/aromatic N) is 4.